The summed E-state index contributed by atoms with van der Waals surface area (Å²) in [5, 5.41) is 8.26. The first-order valence-corrected chi connectivity index (χ1v) is 7.62. The maximum atomic E-state index is 11.1. The van der Waals surface area contributed by atoms with Crippen molar-refractivity contribution in [1.82, 2.24) is 4.72 Å². The normalized spacial score (nSPS) is 11.2. The number of rotatable bonds is 10. The highest BCUT2D eigenvalue weighted by atomic mass is 32.2. The molecular weight excluding hydrogens is 224 g/mol. The molecule has 0 radical (unpaired) electrons. The van der Waals surface area contributed by atoms with E-state index in [4.69, 9.17) is 5.26 Å². The molecule has 0 amide bonds. The van der Waals surface area contributed by atoms with Crippen molar-refractivity contribution in [2.45, 2.75) is 51.9 Å². The standard InChI is InChI=1S/C11H22N2O2S/c1-2-3-4-5-6-7-8-10-13-16(14,15)11-9-12/h13H,2-8,10-11H2,1H3. The van der Waals surface area contributed by atoms with E-state index in [9.17, 15) is 8.42 Å². The quantitative estimate of drug-likeness (QED) is 0.601. The third-order valence-corrected chi connectivity index (χ3v) is 3.51. The Hall–Kier alpha value is -0.600. The molecule has 0 aliphatic rings. The average Bonchev–Trinajstić information content (AvgIpc) is 2.22. The zero-order valence-corrected chi connectivity index (χ0v) is 10.9. The van der Waals surface area contributed by atoms with E-state index in [0.717, 1.165) is 12.8 Å². The van der Waals surface area contributed by atoms with Crippen molar-refractivity contribution in [1.29, 1.82) is 5.26 Å². The van der Waals surface area contributed by atoms with Gasteiger partial charge in [0.1, 0.15) is 0 Å². The predicted octanol–water partition coefficient (Wildman–Crippen LogP) is 2.18. The molecule has 0 aliphatic heterocycles. The van der Waals surface area contributed by atoms with Crippen molar-refractivity contribution in [2.75, 3.05) is 12.3 Å². The Bertz CT molecular complexity index is 294. The van der Waals surface area contributed by atoms with Gasteiger partial charge in [-0.05, 0) is 6.42 Å². The van der Waals surface area contributed by atoms with Gasteiger partial charge >= 0.3 is 0 Å². The van der Waals surface area contributed by atoms with Crippen LogP contribution in [0, 0.1) is 11.3 Å². The van der Waals surface area contributed by atoms with Gasteiger partial charge in [-0.25, -0.2) is 13.1 Å². The maximum Gasteiger partial charge on any atom is 0.225 e. The van der Waals surface area contributed by atoms with E-state index in [-0.39, 0.29) is 0 Å². The molecule has 16 heavy (non-hydrogen) atoms. The summed E-state index contributed by atoms with van der Waals surface area (Å²) in [6, 6.07) is 1.63. The highest BCUT2D eigenvalue weighted by Gasteiger charge is 2.06. The largest absolute Gasteiger partial charge is 0.225 e. The Labute approximate surface area is 99.1 Å². The zero-order chi connectivity index (χ0) is 12.3. The Morgan fingerprint density at radius 1 is 1.06 bits per heavy atom. The van der Waals surface area contributed by atoms with E-state index in [2.05, 4.69) is 11.6 Å². The zero-order valence-electron chi connectivity index (χ0n) is 10.0. The summed E-state index contributed by atoms with van der Waals surface area (Å²) in [6.45, 7) is 2.64. The van der Waals surface area contributed by atoms with Gasteiger partial charge in [-0.1, -0.05) is 45.4 Å². The summed E-state index contributed by atoms with van der Waals surface area (Å²) in [5.74, 6) is -0.441. The monoisotopic (exact) mass is 246 g/mol. The van der Waals surface area contributed by atoms with Gasteiger partial charge in [0.05, 0.1) is 6.07 Å². The van der Waals surface area contributed by atoms with Gasteiger partial charge in [0.15, 0.2) is 5.75 Å². The summed E-state index contributed by atoms with van der Waals surface area (Å²) >= 11 is 0. The molecule has 1 N–H and O–H groups in total. The summed E-state index contributed by atoms with van der Waals surface area (Å²) in [5.41, 5.74) is 0. The highest BCUT2D eigenvalue weighted by molar-refractivity contribution is 7.89. The smallest absolute Gasteiger partial charge is 0.214 e. The van der Waals surface area contributed by atoms with Gasteiger partial charge in [0.25, 0.3) is 0 Å². The first kappa shape index (κ1) is 15.4. The lowest BCUT2D eigenvalue weighted by Crippen LogP contribution is -2.26. The van der Waals surface area contributed by atoms with Crippen molar-refractivity contribution in [3.63, 3.8) is 0 Å². The topological polar surface area (TPSA) is 70.0 Å². The molecule has 0 bridgehead atoms. The molecule has 4 nitrogen and oxygen atoms in total. The molecule has 94 valence electrons. The summed E-state index contributed by atoms with van der Waals surface area (Å²) in [7, 11) is -3.34. The van der Waals surface area contributed by atoms with Crippen LogP contribution in [0.2, 0.25) is 0 Å². The molecule has 0 aromatic rings. The van der Waals surface area contributed by atoms with Crippen LogP contribution >= 0.6 is 0 Å². The van der Waals surface area contributed by atoms with Crippen LogP contribution in [0.15, 0.2) is 0 Å². The van der Waals surface area contributed by atoms with E-state index >= 15 is 0 Å². The number of nitrogens with zero attached hydrogens (tertiary/aromatic N) is 1. The maximum absolute atomic E-state index is 11.1. The second-order valence-electron chi connectivity index (χ2n) is 3.93. The van der Waals surface area contributed by atoms with Gasteiger partial charge in [0.2, 0.25) is 10.0 Å². The van der Waals surface area contributed by atoms with E-state index in [1.807, 2.05) is 0 Å². The third-order valence-electron chi connectivity index (χ3n) is 2.36. The summed E-state index contributed by atoms with van der Waals surface area (Å²) < 4.78 is 24.6. The molecule has 0 saturated heterocycles. The lowest BCUT2D eigenvalue weighted by molar-refractivity contribution is 0.566. The van der Waals surface area contributed by atoms with Crippen molar-refractivity contribution in [2.24, 2.45) is 0 Å². The SMILES string of the molecule is CCCCCCCCCNS(=O)(=O)CC#N. The van der Waals surface area contributed by atoms with Crippen LogP contribution in [0.3, 0.4) is 0 Å². The van der Waals surface area contributed by atoms with E-state index in [1.165, 1.54) is 32.1 Å². The number of nitrogens with one attached hydrogen (secondary N) is 1. The van der Waals surface area contributed by atoms with Crippen LogP contribution in [0.4, 0.5) is 0 Å². The first-order valence-electron chi connectivity index (χ1n) is 5.96. The van der Waals surface area contributed by atoms with Crippen molar-refractivity contribution in [3.8, 4) is 6.07 Å². The Balaban J connectivity index is 3.31. The van der Waals surface area contributed by atoms with Crippen LogP contribution in [-0.4, -0.2) is 20.7 Å². The fraction of sp³-hybridized carbons (Fsp3) is 0.909. The van der Waals surface area contributed by atoms with E-state index < -0.39 is 15.8 Å². The van der Waals surface area contributed by atoms with Crippen LogP contribution in [0.1, 0.15) is 51.9 Å². The van der Waals surface area contributed by atoms with Gasteiger partial charge in [-0.15, -0.1) is 0 Å². The molecule has 0 spiro atoms. The Morgan fingerprint density at radius 3 is 2.19 bits per heavy atom. The van der Waals surface area contributed by atoms with Gasteiger partial charge in [0, 0.05) is 6.54 Å². The number of nitriles is 1. The molecule has 0 fully saturated rings. The molecule has 0 aromatic heterocycles. The van der Waals surface area contributed by atoms with E-state index in [0.29, 0.717) is 6.54 Å². The lowest BCUT2D eigenvalue weighted by atomic mass is 10.1. The number of hydrogen-bond acceptors (Lipinski definition) is 3. The van der Waals surface area contributed by atoms with Crippen molar-refractivity contribution in [3.05, 3.63) is 0 Å². The van der Waals surface area contributed by atoms with Crippen molar-refractivity contribution >= 4 is 10.0 Å². The first-order chi connectivity index (χ1) is 7.62. The fourth-order valence-electron chi connectivity index (χ4n) is 1.45. The lowest BCUT2D eigenvalue weighted by Gasteiger charge is -2.03. The average molecular weight is 246 g/mol. The Morgan fingerprint density at radius 2 is 1.62 bits per heavy atom. The van der Waals surface area contributed by atoms with Gasteiger partial charge in [-0.3, -0.25) is 0 Å². The molecule has 0 atom stereocenters. The highest BCUT2D eigenvalue weighted by Crippen LogP contribution is 2.06. The molecule has 0 unspecified atom stereocenters. The van der Waals surface area contributed by atoms with E-state index in [1.54, 1.807) is 6.07 Å². The number of unbranched alkanes of at least 4 members (excludes halogenated alkanes) is 6. The van der Waals surface area contributed by atoms with Crippen molar-refractivity contribution < 1.29 is 8.42 Å². The Kier molecular flexibility index (Phi) is 9.25. The minimum Gasteiger partial charge on any atom is -0.214 e. The third kappa shape index (κ3) is 9.94. The van der Waals surface area contributed by atoms with Gasteiger partial charge in [-0.2, -0.15) is 5.26 Å². The molecule has 0 rings (SSSR count). The molecule has 0 saturated carbocycles. The molecular formula is C11H22N2O2S. The molecule has 0 heterocycles. The summed E-state index contributed by atoms with van der Waals surface area (Å²) in [4.78, 5) is 0. The van der Waals surface area contributed by atoms with Crippen LogP contribution in [-0.2, 0) is 10.0 Å². The summed E-state index contributed by atoms with van der Waals surface area (Å²) in [6.07, 6.45) is 8.12. The van der Waals surface area contributed by atoms with Crippen LogP contribution < -0.4 is 4.72 Å². The predicted molar refractivity (Wildman–Crippen MR) is 65.4 cm³/mol. The minimum absolute atomic E-state index is 0.441. The van der Waals surface area contributed by atoms with Gasteiger partial charge < -0.3 is 0 Å². The second kappa shape index (κ2) is 9.61. The number of sulfonamides is 1. The molecule has 5 heteroatoms. The molecule has 0 aromatic carbocycles. The minimum atomic E-state index is -3.34. The fourth-order valence-corrected chi connectivity index (χ4v) is 2.17. The number of hydrogen-bond donors (Lipinski definition) is 1. The van der Waals surface area contributed by atoms with Crippen LogP contribution in [0.25, 0.3) is 0 Å². The van der Waals surface area contributed by atoms with Crippen LogP contribution in [0.5, 0.6) is 0 Å². The molecule has 0 aliphatic carbocycles. The second-order valence-corrected chi connectivity index (χ2v) is 5.74.